The number of rotatable bonds is 5. The van der Waals surface area contributed by atoms with Gasteiger partial charge in [0, 0.05) is 38.3 Å². The Kier molecular flexibility index (Phi) is 6.63. The Balaban J connectivity index is 1.63. The predicted molar refractivity (Wildman–Crippen MR) is 112 cm³/mol. The lowest BCUT2D eigenvalue weighted by Crippen LogP contribution is -2.56. The lowest BCUT2D eigenvalue weighted by Gasteiger charge is -2.41. The summed E-state index contributed by atoms with van der Waals surface area (Å²) in [4.78, 5) is 16.7. The average molecular weight is 439 g/mol. The van der Waals surface area contributed by atoms with Gasteiger partial charge >= 0.3 is 0 Å². The molecule has 3 rings (SSSR count). The molecule has 1 amide bonds. The molecule has 0 aliphatic carbocycles. The molecule has 0 bridgehead atoms. The van der Waals surface area contributed by atoms with Gasteiger partial charge in [0.05, 0.1) is 10.6 Å². The highest BCUT2D eigenvalue weighted by Crippen LogP contribution is 2.33. The molecule has 1 aromatic carbocycles. The highest BCUT2D eigenvalue weighted by molar-refractivity contribution is 6.42. The zero-order valence-electron chi connectivity index (χ0n) is 16.6. The van der Waals surface area contributed by atoms with E-state index in [2.05, 4.69) is 15.1 Å². The summed E-state index contributed by atoms with van der Waals surface area (Å²) in [5.41, 5.74) is -0.522. The average Bonchev–Trinajstić information content (AvgIpc) is 2.66. The van der Waals surface area contributed by atoms with E-state index < -0.39 is 5.60 Å². The number of carbonyl (C=O) groups is 1. The first-order chi connectivity index (χ1) is 13.6. The molecule has 1 unspecified atom stereocenters. The Labute approximate surface area is 180 Å². The smallest absolute Gasteiger partial charge is 0.274 e. The number of benzene rings is 1. The van der Waals surface area contributed by atoms with Crippen molar-refractivity contribution in [3.63, 3.8) is 0 Å². The first kappa shape index (κ1) is 21.8. The largest absolute Gasteiger partial charge is 0.436 e. The van der Waals surface area contributed by atoms with Gasteiger partial charge in [0.25, 0.3) is 5.91 Å². The molecular weight excluding hydrogens is 415 g/mol. The van der Waals surface area contributed by atoms with Gasteiger partial charge in [0.15, 0.2) is 5.69 Å². The van der Waals surface area contributed by atoms with Crippen LogP contribution in [0.4, 0.5) is 0 Å². The Morgan fingerprint density at radius 2 is 2.00 bits per heavy atom. The third kappa shape index (κ3) is 5.57. The van der Waals surface area contributed by atoms with Crippen molar-refractivity contribution in [2.45, 2.75) is 32.4 Å². The van der Waals surface area contributed by atoms with E-state index in [1.807, 2.05) is 6.92 Å². The van der Waals surface area contributed by atoms with Crippen LogP contribution in [0.15, 0.2) is 30.3 Å². The maximum absolute atomic E-state index is 12.8. The number of aromatic nitrogens is 2. The van der Waals surface area contributed by atoms with Crippen molar-refractivity contribution < 1.29 is 14.6 Å². The summed E-state index contributed by atoms with van der Waals surface area (Å²) in [6.07, 6.45) is 0. The van der Waals surface area contributed by atoms with Crippen LogP contribution in [-0.4, -0.2) is 68.8 Å². The van der Waals surface area contributed by atoms with E-state index in [1.54, 1.807) is 49.1 Å². The molecule has 1 N–H and O–H groups in total. The highest BCUT2D eigenvalue weighted by Gasteiger charge is 2.30. The Hall–Kier alpha value is -1.93. The van der Waals surface area contributed by atoms with Gasteiger partial charge in [-0.1, -0.05) is 29.3 Å². The van der Waals surface area contributed by atoms with E-state index in [-0.39, 0.29) is 28.5 Å². The quantitative estimate of drug-likeness (QED) is 0.769. The topological polar surface area (TPSA) is 78.8 Å². The molecular formula is C20H24Cl2N4O3. The normalized spacial score (nSPS) is 18.0. The molecule has 0 saturated carbocycles. The molecule has 0 spiro atoms. The number of halogens is 2. The van der Waals surface area contributed by atoms with Gasteiger partial charge in [-0.3, -0.25) is 9.69 Å². The number of hydrogen-bond donors (Lipinski definition) is 1. The van der Waals surface area contributed by atoms with E-state index in [0.717, 1.165) is 0 Å². The maximum Gasteiger partial charge on any atom is 0.274 e. The van der Waals surface area contributed by atoms with Crippen molar-refractivity contribution >= 4 is 29.1 Å². The van der Waals surface area contributed by atoms with Crippen molar-refractivity contribution in [1.82, 2.24) is 20.0 Å². The molecule has 9 heteroatoms. The number of β-amino-alcohol motifs (C(OH)–C–C–N with tert-alkyl or cyclic N) is 1. The Morgan fingerprint density at radius 3 is 2.62 bits per heavy atom. The summed E-state index contributed by atoms with van der Waals surface area (Å²) >= 11 is 12.1. The monoisotopic (exact) mass is 438 g/mol. The molecule has 1 aromatic heterocycles. The molecule has 1 fully saturated rings. The fourth-order valence-corrected chi connectivity index (χ4v) is 3.57. The van der Waals surface area contributed by atoms with Crippen molar-refractivity contribution in [2.75, 3.05) is 26.2 Å². The standard InChI is InChI=1S/C20H24Cl2N4O3/c1-13-11-25(9-10-26(13)12-20(2,3)28)19(27)15-7-8-17(24-23-15)29-16-6-4-5-14(21)18(16)22/h4-8,13,28H,9-12H2,1-3H3. The van der Waals surface area contributed by atoms with Crippen molar-refractivity contribution in [2.24, 2.45) is 0 Å². The van der Waals surface area contributed by atoms with Crippen LogP contribution in [0.3, 0.4) is 0 Å². The number of nitrogens with zero attached hydrogens (tertiary/aromatic N) is 4. The molecule has 7 nitrogen and oxygen atoms in total. The molecule has 1 atom stereocenters. The van der Waals surface area contributed by atoms with E-state index in [9.17, 15) is 9.90 Å². The van der Waals surface area contributed by atoms with Crippen molar-refractivity contribution in [1.29, 1.82) is 0 Å². The highest BCUT2D eigenvalue weighted by atomic mass is 35.5. The summed E-state index contributed by atoms with van der Waals surface area (Å²) < 4.78 is 5.60. The van der Waals surface area contributed by atoms with Crippen LogP contribution in [-0.2, 0) is 0 Å². The maximum atomic E-state index is 12.8. The number of amides is 1. The minimum absolute atomic E-state index is 0.139. The van der Waals surface area contributed by atoms with Gasteiger partial charge in [-0.05, 0) is 39.0 Å². The molecule has 29 heavy (non-hydrogen) atoms. The molecule has 1 aliphatic heterocycles. The van der Waals surface area contributed by atoms with Gasteiger partial charge in [0.2, 0.25) is 5.88 Å². The summed E-state index contributed by atoms with van der Waals surface area (Å²) in [5.74, 6) is 0.401. The van der Waals surface area contributed by atoms with Gasteiger partial charge < -0.3 is 14.7 Å². The van der Waals surface area contributed by atoms with E-state index in [1.165, 1.54) is 0 Å². The van der Waals surface area contributed by atoms with Crippen LogP contribution in [0.2, 0.25) is 10.0 Å². The summed E-state index contributed by atoms with van der Waals surface area (Å²) in [6, 6.07) is 8.34. The third-order valence-electron chi connectivity index (χ3n) is 4.63. The van der Waals surface area contributed by atoms with Crippen molar-refractivity contribution in [3.8, 4) is 11.6 Å². The van der Waals surface area contributed by atoms with Gasteiger partial charge in [-0.2, -0.15) is 0 Å². The first-order valence-corrected chi connectivity index (χ1v) is 10.1. The van der Waals surface area contributed by atoms with Crippen LogP contribution in [0.25, 0.3) is 0 Å². The molecule has 0 radical (unpaired) electrons. The van der Waals surface area contributed by atoms with Crippen molar-refractivity contribution in [3.05, 3.63) is 46.1 Å². The number of carbonyl (C=O) groups excluding carboxylic acids is 1. The van der Waals surface area contributed by atoms with E-state index in [4.69, 9.17) is 27.9 Å². The summed E-state index contributed by atoms with van der Waals surface area (Å²) in [5, 5.41) is 18.7. The second kappa shape index (κ2) is 8.83. The summed E-state index contributed by atoms with van der Waals surface area (Å²) in [6.45, 7) is 8.00. The second-order valence-electron chi connectivity index (χ2n) is 7.79. The minimum Gasteiger partial charge on any atom is -0.436 e. The van der Waals surface area contributed by atoms with E-state index >= 15 is 0 Å². The van der Waals surface area contributed by atoms with Gasteiger partial charge in [0.1, 0.15) is 10.8 Å². The first-order valence-electron chi connectivity index (χ1n) is 9.35. The van der Waals surface area contributed by atoms with Gasteiger partial charge in [-0.15, -0.1) is 10.2 Å². The number of piperazine rings is 1. The zero-order valence-corrected chi connectivity index (χ0v) is 18.1. The predicted octanol–water partition coefficient (Wildman–Crippen LogP) is 3.49. The Morgan fingerprint density at radius 1 is 1.24 bits per heavy atom. The lowest BCUT2D eigenvalue weighted by atomic mass is 10.1. The molecule has 1 aliphatic rings. The van der Waals surface area contributed by atoms with Crippen LogP contribution in [0.1, 0.15) is 31.3 Å². The second-order valence-corrected chi connectivity index (χ2v) is 8.58. The summed E-state index contributed by atoms with van der Waals surface area (Å²) in [7, 11) is 0. The minimum atomic E-state index is -0.770. The fourth-order valence-electron chi connectivity index (χ4n) is 3.24. The Bertz CT molecular complexity index is 871. The number of aliphatic hydroxyl groups is 1. The molecule has 2 aromatic rings. The van der Waals surface area contributed by atoms with E-state index in [0.29, 0.717) is 37.0 Å². The zero-order chi connectivity index (χ0) is 21.2. The number of ether oxygens (including phenoxy) is 1. The molecule has 2 heterocycles. The third-order valence-corrected chi connectivity index (χ3v) is 5.43. The molecule has 1 saturated heterocycles. The fraction of sp³-hybridized carbons (Fsp3) is 0.450. The van der Waals surface area contributed by atoms with Crippen LogP contribution in [0, 0.1) is 0 Å². The lowest BCUT2D eigenvalue weighted by molar-refractivity contribution is -0.00158. The van der Waals surface area contributed by atoms with Crippen LogP contribution < -0.4 is 4.74 Å². The van der Waals surface area contributed by atoms with Gasteiger partial charge in [-0.25, -0.2) is 0 Å². The molecule has 156 valence electrons. The van der Waals surface area contributed by atoms with Crippen LogP contribution in [0.5, 0.6) is 11.6 Å². The SMILES string of the molecule is CC1CN(C(=O)c2ccc(Oc3cccc(Cl)c3Cl)nn2)CCN1CC(C)(C)O. The number of hydrogen-bond acceptors (Lipinski definition) is 6. The van der Waals surface area contributed by atoms with Crippen LogP contribution >= 0.6 is 23.2 Å².